The normalized spacial score (nSPS) is 12.0. The SMILES string of the molecule is CN(CC(=O)Nc1ccc(Cl)cc1)C(c1ccccc1)c1ccc(F)cc1. The van der Waals surface area contributed by atoms with Crippen molar-refractivity contribution in [3.63, 3.8) is 0 Å². The Morgan fingerprint density at radius 1 is 0.963 bits per heavy atom. The topological polar surface area (TPSA) is 32.3 Å². The molecule has 0 saturated heterocycles. The molecular formula is C22H20ClFN2O. The van der Waals surface area contributed by atoms with Crippen molar-refractivity contribution >= 4 is 23.2 Å². The maximum Gasteiger partial charge on any atom is 0.238 e. The highest BCUT2D eigenvalue weighted by atomic mass is 35.5. The molecule has 3 aromatic rings. The Morgan fingerprint density at radius 2 is 1.56 bits per heavy atom. The molecule has 3 rings (SSSR count). The van der Waals surface area contributed by atoms with E-state index in [0.717, 1.165) is 11.1 Å². The summed E-state index contributed by atoms with van der Waals surface area (Å²) >= 11 is 5.87. The molecular weight excluding hydrogens is 363 g/mol. The summed E-state index contributed by atoms with van der Waals surface area (Å²) in [5.41, 5.74) is 2.64. The quantitative estimate of drug-likeness (QED) is 0.640. The van der Waals surface area contributed by atoms with Gasteiger partial charge in [-0.3, -0.25) is 9.69 Å². The number of anilines is 1. The highest BCUT2D eigenvalue weighted by Crippen LogP contribution is 2.27. The first kappa shape index (κ1) is 19.1. The van der Waals surface area contributed by atoms with Crippen LogP contribution in [0.3, 0.4) is 0 Å². The third-order valence-electron chi connectivity index (χ3n) is 4.26. The minimum Gasteiger partial charge on any atom is -0.325 e. The monoisotopic (exact) mass is 382 g/mol. The lowest BCUT2D eigenvalue weighted by atomic mass is 9.97. The maximum atomic E-state index is 13.3. The lowest BCUT2D eigenvalue weighted by molar-refractivity contribution is -0.117. The number of amides is 1. The van der Waals surface area contributed by atoms with E-state index in [-0.39, 0.29) is 24.3 Å². The zero-order chi connectivity index (χ0) is 19.2. The molecule has 3 aromatic carbocycles. The minimum atomic E-state index is -0.284. The van der Waals surface area contributed by atoms with Gasteiger partial charge in [-0.15, -0.1) is 0 Å². The first-order valence-electron chi connectivity index (χ1n) is 8.59. The molecule has 3 nitrogen and oxygen atoms in total. The summed E-state index contributed by atoms with van der Waals surface area (Å²) in [5, 5.41) is 3.48. The summed E-state index contributed by atoms with van der Waals surface area (Å²) < 4.78 is 13.3. The molecule has 1 atom stereocenters. The number of carbonyl (C=O) groups is 1. The molecule has 0 aliphatic heterocycles. The van der Waals surface area contributed by atoms with Crippen molar-refractivity contribution in [1.82, 2.24) is 4.90 Å². The van der Waals surface area contributed by atoms with E-state index in [9.17, 15) is 9.18 Å². The van der Waals surface area contributed by atoms with Gasteiger partial charge in [0.1, 0.15) is 5.82 Å². The predicted octanol–water partition coefficient (Wildman–Crippen LogP) is 5.14. The van der Waals surface area contributed by atoms with Crippen LogP contribution >= 0.6 is 11.6 Å². The van der Waals surface area contributed by atoms with E-state index >= 15 is 0 Å². The van der Waals surface area contributed by atoms with Gasteiger partial charge in [0.15, 0.2) is 0 Å². The van der Waals surface area contributed by atoms with Crippen LogP contribution in [0.15, 0.2) is 78.9 Å². The number of carbonyl (C=O) groups excluding carboxylic acids is 1. The van der Waals surface area contributed by atoms with Crippen molar-refractivity contribution in [2.24, 2.45) is 0 Å². The fourth-order valence-electron chi connectivity index (χ4n) is 3.03. The minimum absolute atomic E-state index is 0.136. The molecule has 0 aliphatic rings. The number of hydrogen-bond donors (Lipinski definition) is 1. The molecule has 5 heteroatoms. The van der Waals surface area contributed by atoms with Gasteiger partial charge in [-0.2, -0.15) is 0 Å². The molecule has 0 fully saturated rings. The highest BCUT2D eigenvalue weighted by molar-refractivity contribution is 6.30. The van der Waals surface area contributed by atoms with Crippen LogP contribution in [-0.2, 0) is 4.79 Å². The molecule has 1 N–H and O–H groups in total. The molecule has 1 unspecified atom stereocenters. The van der Waals surface area contributed by atoms with Crippen molar-refractivity contribution in [1.29, 1.82) is 0 Å². The Balaban J connectivity index is 1.78. The Hall–Kier alpha value is -2.69. The number of nitrogens with one attached hydrogen (secondary N) is 1. The van der Waals surface area contributed by atoms with Crippen molar-refractivity contribution in [3.8, 4) is 0 Å². The van der Waals surface area contributed by atoms with Gasteiger partial charge in [0.25, 0.3) is 0 Å². The summed E-state index contributed by atoms with van der Waals surface area (Å²) in [6.45, 7) is 0.180. The van der Waals surface area contributed by atoms with Gasteiger partial charge in [0.2, 0.25) is 5.91 Å². The lowest BCUT2D eigenvalue weighted by Gasteiger charge is -2.28. The Labute approximate surface area is 163 Å². The number of halogens is 2. The number of nitrogens with zero attached hydrogens (tertiary/aromatic N) is 1. The van der Waals surface area contributed by atoms with Crippen LogP contribution in [0.25, 0.3) is 0 Å². The predicted molar refractivity (Wildman–Crippen MR) is 107 cm³/mol. The van der Waals surface area contributed by atoms with Gasteiger partial charge < -0.3 is 5.32 Å². The summed E-state index contributed by atoms with van der Waals surface area (Å²) in [6, 6.07) is 23.0. The summed E-state index contributed by atoms with van der Waals surface area (Å²) in [4.78, 5) is 14.4. The third kappa shape index (κ3) is 5.16. The van der Waals surface area contributed by atoms with Gasteiger partial charge in [-0.25, -0.2) is 4.39 Å². The van der Waals surface area contributed by atoms with Crippen LogP contribution in [0.4, 0.5) is 10.1 Å². The van der Waals surface area contributed by atoms with Crippen molar-refractivity contribution < 1.29 is 9.18 Å². The highest BCUT2D eigenvalue weighted by Gasteiger charge is 2.21. The second kappa shape index (κ2) is 8.80. The van der Waals surface area contributed by atoms with E-state index in [1.54, 1.807) is 36.4 Å². The second-order valence-electron chi connectivity index (χ2n) is 6.33. The molecule has 0 heterocycles. The third-order valence-corrected chi connectivity index (χ3v) is 4.51. The van der Waals surface area contributed by atoms with Gasteiger partial charge in [-0.1, -0.05) is 54.1 Å². The van der Waals surface area contributed by atoms with E-state index in [1.165, 1.54) is 12.1 Å². The molecule has 1 amide bonds. The second-order valence-corrected chi connectivity index (χ2v) is 6.77. The van der Waals surface area contributed by atoms with Crippen LogP contribution in [0.1, 0.15) is 17.2 Å². The zero-order valence-electron chi connectivity index (χ0n) is 14.9. The van der Waals surface area contributed by atoms with Crippen LogP contribution in [0, 0.1) is 5.82 Å². The van der Waals surface area contributed by atoms with Crippen molar-refractivity contribution in [2.75, 3.05) is 18.9 Å². The van der Waals surface area contributed by atoms with Crippen LogP contribution < -0.4 is 5.32 Å². The molecule has 0 aliphatic carbocycles. The number of benzene rings is 3. The van der Waals surface area contributed by atoms with Crippen LogP contribution in [0.2, 0.25) is 5.02 Å². The standard InChI is InChI=1S/C22H20ClFN2O/c1-26(15-21(27)25-20-13-9-18(23)10-14-20)22(16-5-3-2-4-6-16)17-7-11-19(24)12-8-17/h2-14,22H,15H2,1H3,(H,25,27). The van der Waals surface area contributed by atoms with E-state index in [1.807, 2.05) is 42.3 Å². The molecule has 0 saturated carbocycles. The first-order chi connectivity index (χ1) is 13.0. The van der Waals surface area contributed by atoms with Crippen molar-refractivity contribution in [2.45, 2.75) is 6.04 Å². The van der Waals surface area contributed by atoms with Gasteiger partial charge in [0, 0.05) is 10.7 Å². The van der Waals surface area contributed by atoms with Gasteiger partial charge in [0.05, 0.1) is 12.6 Å². The zero-order valence-corrected chi connectivity index (χ0v) is 15.7. The Kier molecular flexibility index (Phi) is 6.22. The van der Waals surface area contributed by atoms with Crippen LogP contribution in [0.5, 0.6) is 0 Å². The Morgan fingerprint density at radius 3 is 2.19 bits per heavy atom. The van der Waals surface area contributed by atoms with E-state index in [4.69, 9.17) is 11.6 Å². The number of hydrogen-bond acceptors (Lipinski definition) is 2. The summed E-state index contributed by atoms with van der Waals surface area (Å²) in [5.74, 6) is -0.420. The average Bonchev–Trinajstić information content (AvgIpc) is 2.66. The molecule has 0 spiro atoms. The van der Waals surface area contributed by atoms with Crippen LogP contribution in [-0.4, -0.2) is 24.4 Å². The smallest absolute Gasteiger partial charge is 0.238 e. The molecule has 0 bridgehead atoms. The van der Waals surface area contributed by atoms with Gasteiger partial charge >= 0.3 is 0 Å². The van der Waals surface area contributed by atoms with Crippen molar-refractivity contribution in [3.05, 3.63) is 101 Å². The number of rotatable bonds is 6. The molecule has 0 aromatic heterocycles. The van der Waals surface area contributed by atoms with Gasteiger partial charge in [-0.05, 0) is 54.6 Å². The average molecular weight is 383 g/mol. The Bertz CT molecular complexity index is 882. The van der Waals surface area contributed by atoms with E-state index in [0.29, 0.717) is 10.7 Å². The van der Waals surface area contributed by atoms with E-state index < -0.39 is 0 Å². The fourth-order valence-corrected chi connectivity index (χ4v) is 3.16. The maximum absolute atomic E-state index is 13.3. The summed E-state index contributed by atoms with van der Waals surface area (Å²) in [6.07, 6.45) is 0. The number of likely N-dealkylation sites (N-methyl/N-ethyl adjacent to an activating group) is 1. The largest absolute Gasteiger partial charge is 0.325 e. The molecule has 0 radical (unpaired) electrons. The molecule has 138 valence electrons. The first-order valence-corrected chi connectivity index (χ1v) is 8.97. The lowest BCUT2D eigenvalue weighted by Crippen LogP contribution is -2.34. The fraction of sp³-hybridized carbons (Fsp3) is 0.136. The molecule has 27 heavy (non-hydrogen) atoms. The summed E-state index contributed by atoms with van der Waals surface area (Å²) in [7, 11) is 1.88. The van der Waals surface area contributed by atoms with E-state index in [2.05, 4.69) is 5.32 Å².